The molecule has 6 nitrogen and oxygen atoms in total. The van der Waals surface area contributed by atoms with Gasteiger partial charge in [-0.1, -0.05) is 18.5 Å². The lowest BCUT2D eigenvalue weighted by molar-refractivity contribution is 0.326. The summed E-state index contributed by atoms with van der Waals surface area (Å²) in [7, 11) is 0. The maximum Gasteiger partial charge on any atom is 0.434 e. The number of rotatable bonds is 5. The molecule has 25 heavy (non-hydrogen) atoms. The highest BCUT2D eigenvalue weighted by molar-refractivity contribution is 6.33. The minimum Gasteiger partial charge on any atom is -0.388 e. The highest BCUT2D eigenvalue weighted by Crippen LogP contribution is 2.33. The Labute approximate surface area is 155 Å². The van der Waals surface area contributed by atoms with Crippen molar-refractivity contribution in [2.45, 2.75) is 32.2 Å². The zero-order valence-electron chi connectivity index (χ0n) is 13.8. The zero-order chi connectivity index (χ0) is 17.1. The van der Waals surface area contributed by atoms with Crippen LogP contribution in [-0.2, 0) is 0 Å². The van der Waals surface area contributed by atoms with Gasteiger partial charge in [0.05, 0.1) is 10.7 Å². The lowest BCUT2D eigenvalue weighted by Gasteiger charge is -2.31. The molecule has 0 radical (unpaired) electrons. The van der Waals surface area contributed by atoms with E-state index in [2.05, 4.69) is 27.8 Å². The summed E-state index contributed by atoms with van der Waals surface area (Å²) in [6, 6.07) is 3.07. The van der Waals surface area contributed by atoms with Gasteiger partial charge in [-0.3, -0.25) is 0 Å². The first-order valence-electron chi connectivity index (χ1n) is 8.10. The van der Waals surface area contributed by atoms with E-state index in [4.69, 9.17) is 16.0 Å². The molecule has 1 saturated heterocycles. The summed E-state index contributed by atoms with van der Waals surface area (Å²) in [6.45, 7) is 4.08. The Morgan fingerprint density at radius 1 is 1.44 bits per heavy atom. The maximum absolute atomic E-state index is 14.2. The van der Waals surface area contributed by atoms with Crippen LogP contribution in [0.2, 0.25) is 5.02 Å². The number of hydrogen-bond acceptors (Lipinski definition) is 5. The lowest BCUT2D eigenvalue weighted by atomic mass is 9.88. The summed E-state index contributed by atoms with van der Waals surface area (Å²) < 4.78 is 19.1. The first-order valence-corrected chi connectivity index (χ1v) is 8.48. The Bertz CT molecular complexity index is 759. The predicted octanol–water partition coefficient (Wildman–Crippen LogP) is 3.43. The van der Waals surface area contributed by atoms with Crippen molar-refractivity contribution in [2.75, 3.05) is 18.4 Å². The molecule has 1 aromatic carbocycles. The van der Waals surface area contributed by atoms with E-state index >= 15 is 0 Å². The van der Waals surface area contributed by atoms with Gasteiger partial charge in [-0.05, 0) is 50.4 Å². The zero-order valence-corrected chi connectivity index (χ0v) is 15.3. The van der Waals surface area contributed by atoms with Gasteiger partial charge in [0.1, 0.15) is 5.82 Å². The van der Waals surface area contributed by atoms with Crippen molar-refractivity contribution in [3.8, 4) is 11.5 Å². The molecular weight excluding hydrogens is 370 g/mol. The second kappa shape index (κ2) is 8.69. The molecule has 138 valence electrons. The number of piperidine rings is 1. The monoisotopic (exact) mass is 390 g/mol. The van der Waals surface area contributed by atoms with Crippen LogP contribution in [0.3, 0.4) is 0 Å². The number of hydrogen-bond donors (Lipinski definition) is 3. The Morgan fingerprint density at radius 2 is 2.16 bits per heavy atom. The van der Waals surface area contributed by atoms with Crippen molar-refractivity contribution >= 4 is 29.7 Å². The van der Waals surface area contributed by atoms with Crippen LogP contribution in [0.25, 0.3) is 11.5 Å². The Balaban J connectivity index is 0.00000225. The number of aromatic nitrogens is 2. The van der Waals surface area contributed by atoms with E-state index in [0.29, 0.717) is 17.2 Å². The molecule has 1 fully saturated rings. The van der Waals surface area contributed by atoms with Gasteiger partial charge in [0.2, 0.25) is 5.89 Å². The molecular formula is C16H21Cl2FN4O2. The van der Waals surface area contributed by atoms with Crippen LogP contribution < -0.4 is 16.4 Å². The van der Waals surface area contributed by atoms with E-state index in [1.165, 1.54) is 6.07 Å². The highest BCUT2D eigenvalue weighted by atomic mass is 35.5. The van der Waals surface area contributed by atoms with E-state index < -0.39 is 11.6 Å². The lowest BCUT2D eigenvalue weighted by Crippen LogP contribution is -2.37. The topological polar surface area (TPSA) is 83.0 Å². The van der Waals surface area contributed by atoms with Crippen LogP contribution >= 0.6 is 24.0 Å². The van der Waals surface area contributed by atoms with E-state index in [9.17, 15) is 9.18 Å². The van der Waals surface area contributed by atoms with Gasteiger partial charge < -0.3 is 15.1 Å². The molecule has 1 aliphatic rings. The Hall–Kier alpha value is -1.57. The largest absolute Gasteiger partial charge is 0.434 e. The van der Waals surface area contributed by atoms with E-state index in [1.54, 1.807) is 6.07 Å². The molecule has 1 aromatic heterocycles. The minimum atomic E-state index is -0.684. The SMILES string of the molecule is CCC(Nc1cc(-c2n[nH]c(=O)o2)cc(F)c1Cl)C1CCNCC1.Cl. The molecule has 0 aliphatic carbocycles. The molecule has 1 aliphatic heterocycles. The highest BCUT2D eigenvalue weighted by Gasteiger charge is 2.24. The average molecular weight is 391 g/mol. The number of aromatic amines is 1. The Kier molecular flexibility index (Phi) is 6.87. The van der Waals surface area contributed by atoms with Crippen LogP contribution in [0, 0.1) is 11.7 Å². The first-order chi connectivity index (χ1) is 11.6. The molecule has 2 heterocycles. The normalized spacial score (nSPS) is 16.3. The molecule has 0 amide bonds. The second-order valence-corrected chi connectivity index (χ2v) is 6.36. The van der Waals surface area contributed by atoms with Gasteiger partial charge in [0.15, 0.2) is 0 Å². The van der Waals surface area contributed by atoms with E-state index in [-0.39, 0.29) is 29.4 Å². The summed E-state index contributed by atoms with van der Waals surface area (Å²) >= 11 is 6.13. The molecule has 1 unspecified atom stereocenters. The van der Waals surface area contributed by atoms with Crippen LogP contribution in [0.1, 0.15) is 26.2 Å². The van der Waals surface area contributed by atoms with Crippen molar-refractivity contribution < 1.29 is 8.81 Å². The summed E-state index contributed by atoms with van der Waals surface area (Å²) in [4.78, 5) is 11.1. The van der Waals surface area contributed by atoms with Gasteiger partial charge in [-0.15, -0.1) is 17.5 Å². The third-order valence-corrected chi connectivity index (χ3v) is 4.83. The smallest absolute Gasteiger partial charge is 0.388 e. The van der Waals surface area contributed by atoms with Gasteiger partial charge in [0.25, 0.3) is 0 Å². The minimum absolute atomic E-state index is 0. The van der Waals surface area contributed by atoms with Gasteiger partial charge in [-0.2, -0.15) is 0 Å². The number of benzene rings is 1. The third kappa shape index (κ3) is 4.54. The quantitative estimate of drug-likeness (QED) is 0.728. The van der Waals surface area contributed by atoms with E-state index in [1.807, 2.05) is 0 Å². The molecule has 0 saturated carbocycles. The van der Waals surface area contributed by atoms with Crippen LogP contribution in [0.15, 0.2) is 21.3 Å². The molecule has 0 bridgehead atoms. The fourth-order valence-corrected chi connectivity index (χ4v) is 3.33. The Morgan fingerprint density at radius 3 is 2.76 bits per heavy atom. The van der Waals surface area contributed by atoms with Crippen LogP contribution in [0.4, 0.5) is 10.1 Å². The fourth-order valence-electron chi connectivity index (χ4n) is 3.17. The average Bonchev–Trinajstić information content (AvgIpc) is 3.03. The van der Waals surface area contributed by atoms with Gasteiger partial charge in [0, 0.05) is 11.6 Å². The third-order valence-electron chi connectivity index (χ3n) is 4.45. The molecule has 3 rings (SSSR count). The summed E-state index contributed by atoms with van der Waals surface area (Å²) in [5, 5.41) is 12.6. The maximum atomic E-state index is 14.2. The van der Waals surface area contributed by atoms with Crippen molar-refractivity contribution in [3.63, 3.8) is 0 Å². The molecule has 0 spiro atoms. The predicted molar refractivity (Wildman–Crippen MR) is 98.1 cm³/mol. The standard InChI is InChI=1S/C16H20ClFN4O2.ClH/c1-2-12(9-3-5-19-6-4-9)20-13-8-10(7-11(18)14(13)17)15-21-22-16(23)24-15;/h7-9,12,19-20H,2-6H2,1H3,(H,22,23);1H. The van der Waals surface area contributed by atoms with Crippen molar-refractivity contribution in [2.24, 2.45) is 5.92 Å². The fraction of sp³-hybridized carbons (Fsp3) is 0.500. The van der Waals surface area contributed by atoms with Gasteiger partial charge in [-0.25, -0.2) is 14.3 Å². The number of nitrogens with one attached hydrogen (secondary N) is 3. The number of H-pyrrole nitrogens is 1. The summed E-state index contributed by atoms with van der Waals surface area (Å²) in [5.74, 6) is -0.727. The number of halogens is 3. The van der Waals surface area contributed by atoms with Crippen LogP contribution in [-0.4, -0.2) is 29.3 Å². The first kappa shape index (κ1) is 19.8. The molecule has 3 N–H and O–H groups in total. The number of nitrogens with zero attached hydrogens (tertiary/aromatic N) is 1. The second-order valence-electron chi connectivity index (χ2n) is 5.98. The summed E-state index contributed by atoms with van der Waals surface area (Å²) in [5.41, 5.74) is 0.848. The van der Waals surface area contributed by atoms with Gasteiger partial charge >= 0.3 is 5.76 Å². The van der Waals surface area contributed by atoms with Crippen LogP contribution in [0.5, 0.6) is 0 Å². The number of anilines is 1. The van der Waals surface area contributed by atoms with Crippen molar-refractivity contribution in [1.29, 1.82) is 0 Å². The van der Waals surface area contributed by atoms with Crippen molar-refractivity contribution in [1.82, 2.24) is 15.5 Å². The molecule has 9 heteroatoms. The van der Waals surface area contributed by atoms with Crippen molar-refractivity contribution in [3.05, 3.63) is 33.5 Å². The summed E-state index contributed by atoms with van der Waals surface area (Å²) in [6.07, 6.45) is 3.05. The molecule has 2 aromatic rings. The molecule has 1 atom stereocenters. The van der Waals surface area contributed by atoms with E-state index in [0.717, 1.165) is 32.4 Å².